The molecule has 3 atom stereocenters. The van der Waals surface area contributed by atoms with Crippen LogP contribution in [0.15, 0.2) is 12.2 Å². The van der Waals surface area contributed by atoms with E-state index < -0.39 is 5.60 Å². The Morgan fingerprint density at radius 2 is 2.42 bits per heavy atom. The number of rotatable bonds is 1. The molecular weight excluding hydrogens is 152 g/mol. The van der Waals surface area contributed by atoms with E-state index in [4.69, 9.17) is 4.74 Å². The zero-order valence-corrected chi connectivity index (χ0v) is 7.54. The SMILES string of the molecule is CO[C@@]1(C)C(=O)[C@@H]2CCC=C[C@@H]21. The summed E-state index contributed by atoms with van der Waals surface area (Å²) in [6, 6.07) is 0. The molecule has 12 heavy (non-hydrogen) atoms. The molecule has 2 rings (SSSR count). The molecule has 2 aliphatic rings. The van der Waals surface area contributed by atoms with E-state index in [0.29, 0.717) is 11.7 Å². The Kier molecular flexibility index (Phi) is 1.62. The summed E-state index contributed by atoms with van der Waals surface area (Å²) in [5.41, 5.74) is -0.512. The van der Waals surface area contributed by atoms with E-state index in [1.165, 1.54) is 0 Å². The molecule has 1 saturated carbocycles. The number of fused-ring (bicyclic) bond motifs is 1. The van der Waals surface area contributed by atoms with E-state index in [9.17, 15) is 4.79 Å². The van der Waals surface area contributed by atoms with Crippen molar-refractivity contribution in [3.8, 4) is 0 Å². The van der Waals surface area contributed by atoms with Crippen molar-refractivity contribution in [2.75, 3.05) is 7.11 Å². The van der Waals surface area contributed by atoms with Crippen molar-refractivity contribution in [1.29, 1.82) is 0 Å². The van der Waals surface area contributed by atoms with Gasteiger partial charge in [-0.1, -0.05) is 12.2 Å². The van der Waals surface area contributed by atoms with Crippen LogP contribution < -0.4 is 0 Å². The van der Waals surface area contributed by atoms with Crippen LogP contribution in [0.2, 0.25) is 0 Å². The molecule has 66 valence electrons. The maximum Gasteiger partial charge on any atom is 0.168 e. The molecule has 0 N–H and O–H groups in total. The lowest BCUT2D eigenvalue weighted by Gasteiger charge is -2.50. The molecule has 2 nitrogen and oxygen atoms in total. The minimum Gasteiger partial charge on any atom is -0.370 e. The molecule has 0 spiro atoms. The van der Waals surface area contributed by atoms with Gasteiger partial charge in [0.05, 0.1) is 0 Å². The molecule has 0 bridgehead atoms. The van der Waals surface area contributed by atoms with E-state index in [1.807, 2.05) is 6.92 Å². The second kappa shape index (κ2) is 2.43. The first-order chi connectivity index (χ1) is 5.70. The number of carbonyl (C=O) groups is 1. The zero-order valence-electron chi connectivity index (χ0n) is 7.54. The average Bonchev–Trinajstić information content (AvgIpc) is 2.16. The number of Topliss-reactive ketones (excluding diaryl/α,β-unsaturated/α-hetero) is 1. The van der Waals surface area contributed by atoms with Gasteiger partial charge in [0, 0.05) is 18.9 Å². The minimum atomic E-state index is -0.512. The quantitative estimate of drug-likeness (QED) is 0.552. The van der Waals surface area contributed by atoms with Crippen LogP contribution in [0.1, 0.15) is 19.8 Å². The van der Waals surface area contributed by atoms with Crippen LogP contribution in [-0.2, 0) is 9.53 Å². The highest BCUT2D eigenvalue weighted by Gasteiger charge is 2.58. The van der Waals surface area contributed by atoms with E-state index in [2.05, 4.69) is 12.2 Å². The fraction of sp³-hybridized carbons (Fsp3) is 0.700. The second-order valence-electron chi connectivity index (χ2n) is 3.81. The van der Waals surface area contributed by atoms with Gasteiger partial charge in [-0.25, -0.2) is 0 Å². The number of methoxy groups -OCH3 is 1. The van der Waals surface area contributed by atoms with Crippen molar-refractivity contribution >= 4 is 5.78 Å². The van der Waals surface area contributed by atoms with Gasteiger partial charge in [0.1, 0.15) is 5.60 Å². The van der Waals surface area contributed by atoms with Crippen LogP contribution in [0.25, 0.3) is 0 Å². The van der Waals surface area contributed by atoms with Crippen molar-refractivity contribution in [2.24, 2.45) is 11.8 Å². The van der Waals surface area contributed by atoms with Gasteiger partial charge in [0.15, 0.2) is 5.78 Å². The van der Waals surface area contributed by atoms with Crippen molar-refractivity contribution in [2.45, 2.75) is 25.4 Å². The molecule has 0 amide bonds. The normalized spacial score (nSPS) is 45.3. The van der Waals surface area contributed by atoms with E-state index in [0.717, 1.165) is 12.8 Å². The Bertz CT molecular complexity index is 244. The van der Waals surface area contributed by atoms with Crippen molar-refractivity contribution in [3.63, 3.8) is 0 Å². The fourth-order valence-corrected chi connectivity index (χ4v) is 2.37. The lowest BCUT2D eigenvalue weighted by atomic mass is 9.57. The Balaban J connectivity index is 2.25. The van der Waals surface area contributed by atoms with E-state index in [-0.39, 0.29) is 5.92 Å². The molecule has 1 fully saturated rings. The molecular formula is C10H14O2. The number of ether oxygens (including phenoxy) is 1. The number of hydrogen-bond donors (Lipinski definition) is 0. The molecule has 2 heteroatoms. The minimum absolute atomic E-state index is 0.250. The van der Waals surface area contributed by atoms with Gasteiger partial charge in [-0.2, -0.15) is 0 Å². The monoisotopic (exact) mass is 166 g/mol. The van der Waals surface area contributed by atoms with Crippen LogP contribution in [-0.4, -0.2) is 18.5 Å². The lowest BCUT2D eigenvalue weighted by Crippen LogP contribution is -2.62. The van der Waals surface area contributed by atoms with Crippen LogP contribution in [0.3, 0.4) is 0 Å². The van der Waals surface area contributed by atoms with Gasteiger partial charge in [-0.15, -0.1) is 0 Å². The molecule has 0 heterocycles. The Morgan fingerprint density at radius 1 is 1.67 bits per heavy atom. The van der Waals surface area contributed by atoms with Gasteiger partial charge in [-0.05, 0) is 19.8 Å². The maximum absolute atomic E-state index is 11.6. The van der Waals surface area contributed by atoms with E-state index >= 15 is 0 Å². The first-order valence-corrected chi connectivity index (χ1v) is 4.46. The predicted molar refractivity (Wildman–Crippen MR) is 45.8 cm³/mol. The third-order valence-electron chi connectivity index (χ3n) is 3.31. The summed E-state index contributed by atoms with van der Waals surface area (Å²) in [6.45, 7) is 1.90. The predicted octanol–water partition coefficient (Wildman–Crippen LogP) is 1.56. The second-order valence-corrected chi connectivity index (χ2v) is 3.81. The van der Waals surface area contributed by atoms with Crippen molar-refractivity contribution in [1.82, 2.24) is 0 Å². The van der Waals surface area contributed by atoms with Crippen molar-refractivity contribution in [3.05, 3.63) is 12.2 Å². The van der Waals surface area contributed by atoms with Gasteiger partial charge >= 0.3 is 0 Å². The first-order valence-electron chi connectivity index (χ1n) is 4.46. The van der Waals surface area contributed by atoms with Gasteiger partial charge < -0.3 is 4.74 Å². The summed E-state index contributed by atoms with van der Waals surface area (Å²) in [7, 11) is 1.62. The zero-order chi connectivity index (χ0) is 8.77. The van der Waals surface area contributed by atoms with Crippen molar-refractivity contribution < 1.29 is 9.53 Å². The largest absolute Gasteiger partial charge is 0.370 e. The molecule has 0 unspecified atom stereocenters. The van der Waals surface area contributed by atoms with Gasteiger partial charge in [0.2, 0.25) is 0 Å². The number of allylic oxidation sites excluding steroid dienone is 1. The Labute approximate surface area is 72.6 Å². The number of ketones is 1. The highest BCUT2D eigenvalue weighted by molar-refractivity contribution is 5.97. The number of carbonyl (C=O) groups excluding carboxylic acids is 1. The number of hydrogen-bond acceptors (Lipinski definition) is 2. The maximum atomic E-state index is 11.6. The standard InChI is InChI=1S/C10H14O2/c1-10(12-2)8-6-4-3-5-7(8)9(10)11/h4,6-8H,3,5H2,1-2H3/t7-,8+,10-/m1/s1. The summed E-state index contributed by atoms with van der Waals surface area (Å²) in [4.78, 5) is 11.6. The molecule has 2 aliphatic carbocycles. The lowest BCUT2D eigenvalue weighted by molar-refractivity contribution is -0.174. The molecule has 0 aromatic rings. The van der Waals surface area contributed by atoms with Crippen LogP contribution >= 0.6 is 0 Å². The molecule has 0 aromatic carbocycles. The first kappa shape index (κ1) is 7.99. The summed E-state index contributed by atoms with van der Waals surface area (Å²) >= 11 is 0. The average molecular weight is 166 g/mol. The Morgan fingerprint density at radius 3 is 3.08 bits per heavy atom. The topological polar surface area (TPSA) is 26.3 Å². The molecule has 0 radical (unpaired) electrons. The van der Waals surface area contributed by atoms with Crippen LogP contribution in [0.5, 0.6) is 0 Å². The summed E-state index contributed by atoms with van der Waals surface area (Å²) < 4.78 is 5.25. The smallest absolute Gasteiger partial charge is 0.168 e. The summed E-state index contributed by atoms with van der Waals surface area (Å²) in [5, 5.41) is 0. The third-order valence-corrected chi connectivity index (χ3v) is 3.31. The highest BCUT2D eigenvalue weighted by Crippen LogP contribution is 2.47. The summed E-state index contributed by atoms with van der Waals surface area (Å²) in [5.74, 6) is 0.878. The molecule has 0 saturated heterocycles. The van der Waals surface area contributed by atoms with Crippen LogP contribution in [0.4, 0.5) is 0 Å². The van der Waals surface area contributed by atoms with Gasteiger partial charge in [0.25, 0.3) is 0 Å². The Hall–Kier alpha value is -0.630. The fourth-order valence-electron chi connectivity index (χ4n) is 2.37. The highest BCUT2D eigenvalue weighted by atomic mass is 16.5. The molecule has 0 aromatic heterocycles. The van der Waals surface area contributed by atoms with E-state index in [1.54, 1.807) is 7.11 Å². The van der Waals surface area contributed by atoms with Crippen LogP contribution in [0, 0.1) is 11.8 Å². The molecule has 0 aliphatic heterocycles. The summed E-state index contributed by atoms with van der Waals surface area (Å²) in [6.07, 6.45) is 6.36. The van der Waals surface area contributed by atoms with Gasteiger partial charge in [-0.3, -0.25) is 4.79 Å². The third kappa shape index (κ3) is 0.761.